The molecular formula is C11H15N5O2S. The number of methoxy groups -OCH3 is 1. The summed E-state index contributed by atoms with van der Waals surface area (Å²) in [6.07, 6.45) is 0.274. The summed E-state index contributed by atoms with van der Waals surface area (Å²) in [4.78, 5) is 21.6. The standard InChI is InChI=1S/C11H15N5O2S/c1-6-5-7-9(13-4-3-8(17)18-2)14-11(16-12)15-10(7)19-6/h5H,3-4,12H2,1-2H3,(H2,13,14,15,16). The van der Waals surface area contributed by atoms with Gasteiger partial charge >= 0.3 is 5.97 Å². The van der Waals surface area contributed by atoms with Gasteiger partial charge in [-0.05, 0) is 13.0 Å². The number of nitrogen functional groups attached to an aromatic ring is 1. The van der Waals surface area contributed by atoms with Gasteiger partial charge in [-0.3, -0.25) is 10.2 Å². The number of esters is 1. The molecule has 2 heterocycles. The van der Waals surface area contributed by atoms with Crippen molar-refractivity contribution in [1.29, 1.82) is 0 Å². The van der Waals surface area contributed by atoms with E-state index in [1.807, 2.05) is 13.0 Å². The van der Waals surface area contributed by atoms with Crippen LogP contribution in [0.25, 0.3) is 10.2 Å². The number of carbonyl (C=O) groups excluding carboxylic acids is 1. The number of ether oxygens (including phenoxy) is 1. The summed E-state index contributed by atoms with van der Waals surface area (Å²) in [5.74, 6) is 6.08. The van der Waals surface area contributed by atoms with Crippen molar-refractivity contribution in [3.8, 4) is 0 Å². The van der Waals surface area contributed by atoms with E-state index in [1.54, 1.807) is 11.3 Å². The molecule has 0 amide bonds. The Hall–Kier alpha value is -1.93. The van der Waals surface area contributed by atoms with Crippen LogP contribution in [-0.4, -0.2) is 29.6 Å². The molecule has 0 aliphatic carbocycles. The molecule has 19 heavy (non-hydrogen) atoms. The summed E-state index contributed by atoms with van der Waals surface area (Å²) < 4.78 is 4.58. The maximum atomic E-state index is 11.1. The SMILES string of the molecule is COC(=O)CCNc1nc(NN)nc2sc(C)cc12. The number of anilines is 2. The molecule has 8 heteroatoms. The molecule has 102 valence electrons. The molecule has 0 aliphatic heterocycles. The van der Waals surface area contributed by atoms with Crippen molar-refractivity contribution in [3.63, 3.8) is 0 Å². The van der Waals surface area contributed by atoms with Crippen LogP contribution in [0.1, 0.15) is 11.3 Å². The van der Waals surface area contributed by atoms with Gasteiger partial charge in [-0.2, -0.15) is 4.98 Å². The second-order valence-corrected chi connectivity index (χ2v) is 5.10. The lowest BCUT2D eigenvalue weighted by molar-refractivity contribution is -0.140. The number of hydrogen-bond acceptors (Lipinski definition) is 8. The molecule has 2 aromatic rings. The van der Waals surface area contributed by atoms with E-state index in [2.05, 4.69) is 25.4 Å². The highest BCUT2D eigenvalue weighted by atomic mass is 32.1. The van der Waals surface area contributed by atoms with Gasteiger partial charge < -0.3 is 10.1 Å². The van der Waals surface area contributed by atoms with Crippen LogP contribution in [0.5, 0.6) is 0 Å². The Labute approximate surface area is 114 Å². The number of fused-ring (bicyclic) bond motifs is 1. The Morgan fingerprint density at radius 3 is 3.00 bits per heavy atom. The molecule has 0 bridgehead atoms. The fourth-order valence-corrected chi connectivity index (χ4v) is 2.51. The maximum absolute atomic E-state index is 11.1. The van der Waals surface area contributed by atoms with Crippen LogP contribution in [0.3, 0.4) is 0 Å². The monoisotopic (exact) mass is 281 g/mol. The number of thiophene rings is 1. The smallest absolute Gasteiger partial charge is 0.307 e. The summed E-state index contributed by atoms with van der Waals surface area (Å²) in [6, 6.07) is 2.00. The summed E-state index contributed by atoms with van der Waals surface area (Å²) in [5, 5.41) is 4.02. The number of rotatable bonds is 5. The number of hydrogen-bond donors (Lipinski definition) is 3. The quantitative estimate of drug-likeness (QED) is 0.431. The Bertz CT molecular complexity index is 598. The van der Waals surface area contributed by atoms with Crippen LogP contribution in [0.15, 0.2) is 6.07 Å². The number of carbonyl (C=O) groups is 1. The molecule has 0 atom stereocenters. The second-order valence-electron chi connectivity index (χ2n) is 3.87. The lowest BCUT2D eigenvalue weighted by Gasteiger charge is -2.07. The highest BCUT2D eigenvalue weighted by Gasteiger charge is 2.10. The van der Waals surface area contributed by atoms with Crippen LogP contribution < -0.4 is 16.6 Å². The molecule has 0 spiro atoms. The fraction of sp³-hybridized carbons (Fsp3) is 0.364. The number of hydrazine groups is 1. The lowest BCUT2D eigenvalue weighted by Crippen LogP contribution is -2.14. The minimum atomic E-state index is -0.267. The van der Waals surface area contributed by atoms with Gasteiger partial charge in [0.15, 0.2) is 0 Å². The normalized spacial score (nSPS) is 10.5. The van der Waals surface area contributed by atoms with Crippen molar-refractivity contribution in [1.82, 2.24) is 9.97 Å². The molecule has 0 fully saturated rings. The average Bonchev–Trinajstić information content (AvgIpc) is 2.78. The average molecular weight is 281 g/mol. The Morgan fingerprint density at radius 1 is 1.53 bits per heavy atom. The number of aromatic nitrogens is 2. The van der Waals surface area contributed by atoms with E-state index in [0.29, 0.717) is 18.3 Å². The van der Waals surface area contributed by atoms with Crippen molar-refractivity contribution < 1.29 is 9.53 Å². The Morgan fingerprint density at radius 2 is 2.32 bits per heavy atom. The van der Waals surface area contributed by atoms with Crippen LogP contribution >= 0.6 is 11.3 Å². The van der Waals surface area contributed by atoms with Gasteiger partial charge in [0, 0.05) is 11.4 Å². The van der Waals surface area contributed by atoms with E-state index in [9.17, 15) is 4.79 Å². The van der Waals surface area contributed by atoms with Crippen LogP contribution in [0, 0.1) is 6.92 Å². The predicted octanol–water partition coefficient (Wildman–Crippen LogP) is 1.26. The minimum Gasteiger partial charge on any atom is -0.469 e. The largest absolute Gasteiger partial charge is 0.469 e. The van der Waals surface area contributed by atoms with Crippen LogP contribution in [-0.2, 0) is 9.53 Å². The molecule has 2 aromatic heterocycles. The number of nitrogens with two attached hydrogens (primary N) is 1. The van der Waals surface area contributed by atoms with Crippen molar-refractivity contribution in [2.24, 2.45) is 5.84 Å². The molecule has 2 rings (SSSR count). The second kappa shape index (κ2) is 5.81. The van der Waals surface area contributed by atoms with Crippen LogP contribution in [0.2, 0.25) is 0 Å². The van der Waals surface area contributed by atoms with E-state index in [-0.39, 0.29) is 12.4 Å². The zero-order chi connectivity index (χ0) is 13.8. The third-order valence-electron chi connectivity index (χ3n) is 2.49. The summed E-state index contributed by atoms with van der Waals surface area (Å²) in [6.45, 7) is 2.44. The highest BCUT2D eigenvalue weighted by molar-refractivity contribution is 7.18. The molecule has 4 N–H and O–H groups in total. The molecule has 0 aliphatic rings. The van der Waals surface area contributed by atoms with Gasteiger partial charge in [0.05, 0.1) is 18.9 Å². The summed E-state index contributed by atoms with van der Waals surface area (Å²) in [5.41, 5.74) is 2.43. The van der Waals surface area contributed by atoms with E-state index >= 15 is 0 Å². The third kappa shape index (κ3) is 3.09. The first-order valence-corrected chi connectivity index (χ1v) is 6.51. The van der Waals surface area contributed by atoms with Crippen molar-refractivity contribution in [2.75, 3.05) is 24.4 Å². The molecule has 0 saturated heterocycles. The minimum absolute atomic E-state index is 0.267. The highest BCUT2D eigenvalue weighted by Crippen LogP contribution is 2.29. The predicted molar refractivity (Wildman–Crippen MR) is 75.1 cm³/mol. The maximum Gasteiger partial charge on any atom is 0.307 e. The first-order chi connectivity index (χ1) is 9.13. The number of aryl methyl sites for hydroxylation is 1. The third-order valence-corrected chi connectivity index (χ3v) is 3.44. The summed E-state index contributed by atoms with van der Waals surface area (Å²) >= 11 is 1.56. The number of nitrogens with zero attached hydrogens (tertiary/aromatic N) is 2. The first kappa shape index (κ1) is 13.5. The van der Waals surface area contributed by atoms with E-state index < -0.39 is 0 Å². The molecule has 0 aromatic carbocycles. The molecule has 0 unspecified atom stereocenters. The van der Waals surface area contributed by atoms with Gasteiger partial charge in [-0.25, -0.2) is 10.8 Å². The molecule has 7 nitrogen and oxygen atoms in total. The lowest BCUT2D eigenvalue weighted by atomic mass is 10.3. The van der Waals surface area contributed by atoms with Crippen molar-refractivity contribution >= 4 is 39.3 Å². The number of nitrogens with one attached hydrogen (secondary N) is 2. The zero-order valence-corrected chi connectivity index (χ0v) is 11.5. The van der Waals surface area contributed by atoms with Gasteiger partial charge in [-0.15, -0.1) is 11.3 Å². The van der Waals surface area contributed by atoms with Gasteiger partial charge in [-0.1, -0.05) is 0 Å². The van der Waals surface area contributed by atoms with E-state index in [4.69, 9.17) is 5.84 Å². The van der Waals surface area contributed by atoms with Crippen molar-refractivity contribution in [2.45, 2.75) is 13.3 Å². The van der Waals surface area contributed by atoms with Crippen LogP contribution in [0.4, 0.5) is 11.8 Å². The van der Waals surface area contributed by atoms with E-state index in [1.165, 1.54) is 7.11 Å². The molecule has 0 radical (unpaired) electrons. The van der Waals surface area contributed by atoms with Gasteiger partial charge in [0.1, 0.15) is 10.6 Å². The first-order valence-electron chi connectivity index (χ1n) is 5.69. The topological polar surface area (TPSA) is 102 Å². The summed E-state index contributed by atoms with van der Waals surface area (Å²) in [7, 11) is 1.36. The molecule has 0 saturated carbocycles. The fourth-order valence-electron chi connectivity index (χ4n) is 1.63. The van der Waals surface area contributed by atoms with Crippen molar-refractivity contribution in [3.05, 3.63) is 10.9 Å². The Kier molecular flexibility index (Phi) is 4.13. The van der Waals surface area contributed by atoms with E-state index in [0.717, 1.165) is 15.1 Å². The Balaban J connectivity index is 2.22. The zero-order valence-electron chi connectivity index (χ0n) is 10.7. The molecular weight excluding hydrogens is 266 g/mol. The van der Waals surface area contributed by atoms with Gasteiger partial charge in [0.2, 0.25) is 5.95 Å². The van der Waals surface area contributed by atoms with Gasteiger partial charge in [0.25, 0.3) is 0 Å².